The van der Waals surface area contributed by atoms with Gasteiger partial charge in [-0.3, -0.25) is 9.25 Å². The second-order valence-electron chi connectivity index (χ2n) is 7.34. The van der Waals surface area contributed by atoms with Crippen molar-refractivity contribution in [2.75, 3.05) is 11.9 Å². The number of benzene rings is 2. The normalized spacial score (nSPS) is 16.0. The Labute approximate surface area is 171 Å². The maximum absolute atomic E-state index is 13.4. The number of aromatic nitrogens is 5. The first-order valence-electron chi connectivity index (χ1n) is 9.79. The van der Waals surface area contributed by atoms with E-state index in [-0.39, 0.29) is 17.6 Å². The number of ether oxygens (including phenoxy) is 1. The first-order chi connectivity index (χ1) is 14.5. The molecule has 0 saturated heterocycles. The van der Waals surface area contributed by atoms with E-state index in [0.29, 0.717) is 37.3 Å². The van der Waals surface area contributed by atoms with Crippen LogP contribution in [0, 0.1) is 12.7 Å². The minimum absolute atomic E-state index is 0.183. The summed E-state index contributed by atoms with van der Waals surface area (Å²) in [4.78, 5) is 0. The third kappa shape index (κ3) is 2.98. The van der Waals surface area contributed by atoms with Crippen LogP contribution in [0.5, 0.6) is 5.75 Å². The zero-order chi connectivity index (χ0) is 20.8. The summed E-state index contributed by atoms with van der Waals surface area (Å²) < 4.78 is 22.9. The van der Waals surface area contributed by atoms with Gasteiger partial charge >= 0.3 is 0 Å². The fraction of sp³-hybridized carbons (Fsp3) is 0.286. The van der Waals surface area contributed by atoms with Gasteiger partial charge in [0.15, 0.2) is 11.6 Å². The summed E-state index contributed by atoms with van der Waals surface area (Å²) >= 11 is 0. The Morgan fingerprint density at radius 3 is 2.80 bits per heavy atom. The number of rotatable bonds is 4. The number of hydrogen-bond donors (Lipinski definition) is 2. The number of anilines is 2. The standard InChI is InChI=1S/C21H21FN6O2/c1-3-27-16-9-18(29)12(2)8-15(16)20(26-27)23-21-25-24-19-11-30-10-17(28(19)21)13-4-6-14(22)7-5-13/h4-9,17,29H,3,10-11H2,1-2H3,(H,23,25,26). The fourth-order valence-corrected chi connectivity index (χ4v) is 3.86. The van der Waals surface area contributed by atoms with Crippen molar-refractivity contribution in [3.8, 4) is 5.75 Å². The number of phenols is 1. The van der Waals surface area contributed by atoms with E-state index in [2.05, 4.69) is 20.6 Å². The van der Waals surface area contributed by atoms with E-state index in [9.17, 15) is 9.50 Å². The van der Waals surface area contributed by atoms with Crippen molar-refractivity contribution >= 4 is 22.7 Å². The highest BCUT2D eigenvalue weighted by Gasteiger charge is 2.27. The van der Waals surface area contributed by atoms with Crippen LogP contribution in [0.1, 0.15) is 29.9 Å². The van der Waals surface area contributed by atoms with Crippen LogP contribution < -0.4 is 5.32 Å². The Balaban J connectivity index is 1.58. The zero-order valence-electron chi connectivity index (χ0n) is 16.6. The van der Waals surface area contributed by atoms with E-state index in [1.165, 1.54) is 12.1 Å². The van der Waals surface area contributed by atoms with E-state index in [0.717, 1.165) is 22.0 Å². The van der Waals surface area contributed by atoms with Crippen LogP contribution in [0.3, 0.4) is 0 Å². The van der Waals surface area contributed by atoms with Gasteiger partial charge in [0, 0.05) is 18.0 Å². The molecule has 0 amide bonds. The summed E-state index contributed by atoms with van der Waals surface area (Å²) in [6, 6.07) is 9.81. The van der Waals surface area contributed by atoms with Crippen molar-refractivity contribution in [1.82, 2.24) is 24.5 Å². The molecule has 0 spiro atoms. The van der Waals surface area contributed by atoms with E-state index in [1.54, 1.807) is 18.2 Å². The quantitative estimate of drug-likeness (QED) is 0.536. The first kappa shape index (κ1) is 18.6. The second-order valence-corrected chi connectivity index (χ2v) is 7.34. The molecule has 1 unspecified atom stereocenters. The number of halogens is 1. The van der Waals surface area contributed by atoms with Gasteiger partial charge in [-0.25, -0.2) is 4.39 Å². The molecule has 30 heavy (non-hydrogen) atoms. The third-order valence-electron chi connectivity index (χ3n) is 5.44. The molecular weight excluding hydrogens is 387 g/mol. The SMILES string of the molecule is CCn1nc(Nc2nnc3n2C(c2ccc(F)cc2)COC3)c2cc(C)c(O)cc21. The Hall–Kier alpha value is -3.46. The molecule has 2 aromatic carbocycles. The topological polar surface area (TPSA) is 90.0 Å². The van der Waals surface area contributed by atoms with Crippen LogP contribution in [0.15, 0.2) is 36.4 Å². The van der Waals surface area contributed by atoms with Crippen molar-refractivity contribution < 1.29 is 14.2 Å². The minimum atomic E-state index is -0.284. The van der Waals surface area contributed by atoms with E-state index >= 15 is 0 Å². The monoisotopic (exact) mass is 408 g/mol. The Morgan fingerprint density at radius 2 is 2.03 bits per heavy atom. The fourth-order valence-electron chi connectivity index (χ4n) is 3.86. The highest BCUT2D eigenvalue weighted by atomic mass is 19.1. The van der Waals surface area contributed by atoms with Gasteiger partial charge in [0.05, 0.1) is 18.2 Å². The molecule has 0 radical (unpaired) electrons. The molecule has 8 nitrogen and oxygen atoms in total. The lowest BCUT2D eigenvalue weighted by Gasteiger charge is -2.26. The van der Waals surface area contributed by atoms with Crippen LogP contribution in [0.25, 0.3) is 10.9 Å². The van der Waals surface area contributed by atoms with Crippen molar-refractivity contribution in [3.05, 3.63) is 59.2 Å². The molecule has 4 aromatic rings. The van der Waals surface area contributed by atoms with Crippen molar-refractivity contribution in [2.24, 2.45) is 0 Å². The number of hydrogen-bond acceptors (Lipinski definition) is 6. The lowest BCUT2D eigenvalue weighted by molar-refractivity contribution is 0.0670. The molecule has 154 valence electrons. The van der Waals surface area contributed by atoms with Crippen LogP contribution in [0.2, 0.25) is 0 Å². The van der Waals surface area contributed by atoms with Crippen LogP contribution in [-0.2, 0) is 17.9 Å². The van der Waals surface area contributed by atoms with Crippen LogP contribution >= 0.6 is 0 Å². The number of nitrogens with zero attached hydrogens (tertiary/aromatic N) is 5. The van der Waals surface area contributed by atoms with Gasteiger partial charge in [-0.2, -0.15) is 5.10 Å². The Bertz CT molecular complexity index is 1230. The molecule has 2 aromatic heterocycles. The van der Waals surface area contributed by atoms with Gasteiger partial charge < -0.3 is 15.2 Å². The van der Waals surface area contributed by atoms with Crippen molar-refractivity contribution in [2.45, 2.75) is 33.0 Å². The van der Waals surface area contributed by atoms with E-state index in [1.807, 2.05) is 29.2 Å². The number of fused-ring (bicyclic) bond motifs is 2. The molecule has 3 heterocycles. The molecule has 5 rings (SSSR count). The first-order valence-corrected chi connectivity index (χ1v) is 9.79. The van der Waals surface area contributed by atoms with Gasteiger partial charge in [0.2, 0.25) is 5.95 Å². The molecule has 1 aliphatic rings. The molecule has 0 bridgehead atoms. The zero-order valence-corrected chi connectivity index (χ0v) is 16.6. The number of aromatic hydroxyl groups is 1. The minimum Gasteiger partial charge on any atom is -0.508 e. The van der Waals surface area contributed by atoms with Crippen molar-refractivity contribution in [1.29, 1.82) is 0 Å². The van der Waals surface area contributed by atoms with Gasteiger partial charge in [-0.15, -0.1) is 10.2 Å². The van der Waals surface area contributed by atoms with E-state index in [4.69, 9.17) is 4.74 Å². The number of phenolic OH excluding ortho intramolecular Hbond substituents is 1. The van der Waals surface area contributed by atoms with Gasteiger partial charge in [-0.05, 0) is 43.2 Å². The number of aryl methyl sites for hydroxylation is 2. The smallest absolute Gasteiger partial charge is 0.231 e. The lowest BCUT2D eigenvalue weighted by atomic mass is 10.1. The predicted molar refractivity (Wildman–Crippen MR) is 109 cm³/mol. The second kappa shape index (κ2) is 7.10. The molecular formula is C21H21FN6O2. The average molecular weight is 408 g/mol. The van der Waals surface area contributed by atoms with Gasteiger partial charge in [-0.1, -0.05) is 12.1 Å². The summed E-state index contributed by atoms with van der Waals surface area (Å²) in [7, 11) is 0. The highest BCUT2D eigenvalue weighted by Crippen LogP contribution is 2.33. The summed E-state index contributed by atoms with van der Waals surface area (Å²) in [5, 5.41) is 27.5. The highest BCUT2D eigenvalue weighted by molar-refractivity contribution is 5.93. The van der Waals surface area contributed by atoms with Crippen LogP contribution in [-0.4, -0.2) is 36.3 Å². The Morgan fingerprint density at radius 1 is 1.23 bits per heavy atom. The Kier molecular flexibility index (Phi) is 4.39. The third-order valence-corrected chi connectivity index (χ3v) is 5.44. The molecule has 1 atom stereocenters. The molecule has 0 fully saturated rings. The summed E-state index contributed by atoms with van der Waals surface area (Å²) in [6.45, 7) is 5.29. The maximum atomic E-state index is 13.4. The number of nitrogens with one attached hydrogen (secondary N) is 1. The van der Waals surface area contributed by atoms with Crippen molar-refractivity contribution in [3.63, 3.8) is 0 Å². The lowest BCUT2D eigenvalue weighted by Crippen LogP contribution is -2.25. The molecule has 0 aliphatic carbocycles. The maximum Gasteiger partial charge on any atom is 0.231 e. The van der Waals surface area contributed by atoms with Gasteiger partial charge in [0.1, 0.15) is 18.2 Å². The van der Waals surface area contributed by atoms with Crippen LogP contribution in [0.4, 0.5) is 16.2 Å². The largest absolute Gasteiger partial charge is 0.508 e. The molecule has 2 N–H and O–H groups in total. The predicted octanol–water partition coefficient (Wildman–Crippen LogP) is 3.66. The molecule has 0 saturated carbocycles. The summed E-state index contributed by atoms with van der Waals surface area (Å²) in [5.74, 6) is 1.81. The summed E-state index contributed by atoms with van der Waals surface area (Å²) in [6.07, 6.45) is 0. The average Bonchev–Trinajstić information content (AvgIpc) is 3.31. The molecule has 1 aliphatic heterocycles. The summed E-state index contributed by atoms with van der Waals surface area (Å²) in [5.41, 5.74) is 2.51. The molecule has 9 heteroatoms. The van der Waals surface area contributed by atoms with Gasteiger partial charge in [0.25, 0.3) is 0 Å². The van der Waals surface area contributed by atoms with E-state index < -0.39 is 0 Å².